The Balaban J connectivity index is 0.000000561. The summed E-state index contributed by atoms with van der Waals surface area (Å²) in [6.07, 6.45) is 0. The van der Waals surface area contributed by atoms with Gasteiger partial charge in [0.25, 0.3) is 0 Å². The van der Waals surface area contributed by atoms with Crippen LogP contribution in [0.15, 0.2) is 54.6 Å². The summed E-state index contributed by atoms with van der Waals surface area (Å²) in [6.45, 7) is 10.1. The smallest absolute Gasteiger partial charge is 0.173 e. The third kappa shape index (κ3) is 4.78. The second kappa shape index (κ2) is 9.85. The second-order valence-corrected chi connectivity index (χ2v) is 4.91. The molecule has 0 saturated heterocycles. The number of nitrogens with zero attached hydrogens (tertiary/aromatic N) is 2. The van der Waals surface area contributed by atoms with Gasteiger partial charge >= 0.3 is 0 Å². The maximum absolute atomic E-state index is 4.59. The van der Waals surface area contributed by atoms with Crippen LogP contribution < -0.4 is 0 Å². The Hall–Kier alpha value is -2.00. The topological polar surface area (TPSA) is 25.8 Å². The van der Waals surface area contributed by atoms with E-state index in [0.29, 0.717) is 0 Å². The molecule has 0 fully saturated rings. The van der Waals surface area contributed by atoms with E-state index in [9.17, 15) is 0 Å². The van der Waals surface area contributed by atoms with Crippen LogP contribution in [0.4, 0.5) is 0 Å². The van der Waals surface area contributed by atoms with Gasteiger partial charge in [-0.15, -0.1) is 0 Å². The fourth-order valence-electron chi connectivity index (χ4n) is 1.74. The van der Waals surface area contributed by atoms with Crippen LogP contribution >= 0.6 is 11.5 Å². The maximum atomic E-state index is 4.59. The quantitative estimate of drug-likeness (QED) is 0.560. The summed E-state index contributed by atoms with van der Waals surface area (Å²) in [7, 11) is 0. The first kappa shape index (κ1) is 18.1. The predicted molar refractivity (Wildman–Crippen MR) is 98.2 cm³/mol. The number of hydrogen-bond acceptors (Lipinski definition) is 3. The minimum absolute atomic E-state index is 0.804. The first-order valence-corrected chi connectivity index (χ1v) is 8.56. The summed E-state index contributed by atoms with van der Waals surface area (Å²) in [5.74, 6) is 0.804. The van der Waals surface area contributed by atoms with Crippen molar-refractivity contribution in [1.29, 1.82) is 0 Å². The van der Waals surface area contributed by atoms with Gasteiger partial charge in [-0.05, 0) is 18.5 Å². The molecule has 1 heterocycles. The molecule has 0 radical (unpaired) electrons. The minimum Gasteiger partial charge on any atom is -0.215 e. The van der Waals surface area contributed by atoms with Gasteiger partial charge in [-0.25, -0.2) is 4.98 Å². The summed E-state index contributed by atoms with van der Waals surface area (Å²) in [4.78, 5) is 4.59. The second-order valence-electron chi connectivity index (χ2n) is 4.16. The van der Waals surface area contributed by atoms with E-state index in [1.807, 2.05) is 45.9 Å². The van der Waals surface area contributed by atoms with Crippen LogP contribution in [0, 0.1) is 6.92 Å². The lowest BCUT2D eigenvalue weighted by molar-refractivity contribution is 1.32. The van der Waals surface area contributed by atoms with Crippen molar-refractivity contribution in [2.24, 2.45) is 0 Å². The van der Waals surface area contributed by atoms with Crippen molar-refractivity contribution in [2.75, 3.05) is 0 Å². The van der Waals surface area contributed by atoms with Gasteiger partial charge in [0.2, 0.25) is 0 Å². The van der Waals surface area contributed by atoms with Crippen LogP contribution in [0.5, 0.6) is 0 Å². The van der Waals surface area contributed by atoms with Crippen LogP contribution in [0.1, 0.15) is 33.3 Å². The zero-order valence-electron chi connectivity index (χ0n) is 14.0. The van der Waals surface area contributed by atoms with Gasteiger partial charge in [-0.1, -0.05) is 87.9 Å². The zero-order valence-corrected chi connectivity index (χ0v) is 14.8. The SMILES string of the molecule is CC.CC.Cc1ccc(-c2nsc(-c3ccccc3)n2)cc1. The molecule has 2 nitrogen and oxygen atoms in total. The average Bonchev–Trinajstić information content (AvgIpc) is 3.10. The van der Waals surface area contributed by atoms with E-state index in [1.165, 1.54) is 17.1 Å². The largest absolute Gasteiger partial charge is 0.215 e. The summed E-state index contributed by atoms with van der Waals surface area (Å²) < 4.78 is 4.42. The fraction of sp³-hybridized carbons (Fsp3) is 0.263. The van der Waals surface area contributed by atoms with E-state index < -0.39 is 0 Å². The van der Waals surface area contributed by atoms with Crippen molar-refractivity contribution in [2.45, 2.75) is 34.6 Å². The predicted octanol–water partition coefficient (Wildman–Crippen LogP) is 6.23. The summed E-state index contributed by atoms with van der Waals surface area (Å²) in [5, 5.41) is 0.964. The Kier molecular flexibility index (Phi) is 8.08. The third-order valence-electron chi connectivity index (χ3n) is 2.76. The first-order valence-electron chi connectivity index (χ1n) is 7.79. The van der Waals surface area contributed by atoms with Crippen molar-refractivity contribution in [3.05, 3.63) is 60.2 Å². The number of rotatable bonds is 2. The summed E-state index contributed by atoms with van der Waals surface area (Å²) >= 11 is 1.44. The molecule has 3 aromatic rings. The van der Waals surface area contributed by atoms with Gasteiger partial charge in [-0.3, -0.25) is 0 Å². The van der Waals surface area contributed by atoms with E-state index in [1.54, 1.807) is 0 Å². The Morgan fingerprint density at radius 2 is 1.32 bits per heavy atom. The average molecular weight is 312 g/mol. The molecule has 0 atom stereocenters. The van der Waals surface area contributed by atoms with Gasteiger partial charge in [0, 0.05) is 11.1 Å². The summed E-state index contributed by atoms with van der Waals surface area (Å²) in [6, 6.07) is 18.4. The van der Waals surface area contributed by atoms with Crippen LogP contribution in [-0.2, 0) is 0 Å². The normalized spacial score (nSPS) is 9.14. The van der Waals surface area contributed by atoms with Gasteiger partial charge in [0.1, 0.15) is 5.01 Å². The third-order valence-corrected chi connectivity index (χ3v) is 3.52. The van der Waals surface area contributed by atoms with Crippen LogP contribution in [0.3, 0.4) is 0 Å². The number of aromatic nitrogens is 2. The van der Waals surface area contributed by atoms with Gasteiger partial charge < -0.3 is 0 Å². The molecule has 1 aromatic heterocycles. The summed E-state index contributed by atoms with van der Waals surface area (Å²) in [5.41, 5.74) is 3.43. The molecule has 3 rings (SSSR count). The Morgan fingerprint density at radius 3 is 1.91 bits per heavy atom. The van der Waals surface area contributed by atoms with Gasteiger partial charge in [0.05, 0.1) is 0 Å². The van der Waals surface area contributed by atoms with E-state index in [2.05, 4.69) is 52.7 Å². The fourth-order valence-corrected chi connectivity index (χ4v) is 2.43. The van der Waals surface area contributed by atoms with Crippen molar-refractivity contribution < 1.29 is 0 Å². The number of aryl methyl sites for hydroxylation is 1. The van der Waals surface area contributed by atoms with Crippen LogP contribution in [0.2, 0.25) is 0 Å². The lowest BCUT2D eigenvalue weighted by Gasteiger charge is -1.96. The maximum Gasteiger partial charge on any atom is 0.173 e. The van der Waals surface area contributed by atoms with Crippen molar-refractivity contribution in [3.63, 3.8) is 0 Å². The van der Waals surface area contributed by atoms with E-state index in [0.717, 1.165) is 22.0 Å². The number of hydrogen-bond donors (Lipinski definition) is 0. The molecule has 0 aliphatic rings. The molecule has 0 spiro atoms. The molecule has 0 N–H and O–H groups in total. The molecule has 0 saturated carbocycles. The Morgan fingerprint density at radius 1 is 0.727 bits per heavy atom. The first-order chi connectivity index (χ1) is 10.8. The highest BCUT2D eigenvalue weighted by atomic mass is 32.1. The molecule has 0 amide bonds. The van der Waals surface area contributed by atoms with Gasteiger partial charge in [-0.2, -0.15) is 4.37 Å². The lowest BCUT2D eigenvalue weighted by Crippen LogP contribution is -1.81. The molecule has 22 heavy (non-hydrogen) atoms. The molecular weight excluding hydrogens is 288 g/mol. The highest BCUT2D eigenvalue weighted by Gasteiger charge is 2.07. The Bertz CT molecular complexity index is 643. The molecule has 0 unspecified atom stereocenters. The van der Waals surface area contributed by atoms with Crippen molar-refractivity contribution in [1.82, 2.24) is 9.36 Å². The number of benzene rings is 2. The highest BCUT2D eigenvalue weighted by Crippen LogP contribution is 2.25. The van der Waals surface area contributed by atoms with Crippen LogP contribution in [-0.4, -0.2) is 9.36 Å². The van der Waals surface area contributed by atoms with Crippen LogP contribution in [0.25, 0.3) is 22.0 Å². The lowest BCUT2D eigenvalue weighted by atomic mass is 10.1. The molecule has 0 aliphatic carbocycles. The van der Waals surface area contributed by atoms with E-state index >= 15 is 0 Å². The Labute approximate surface area is 138 Å². The monoisotopic (exact) mass is 312 g/mol. The molecule has 3 heteroatoms. The van der Waals surface area contributed by atoms with E-state index in [4.69, 9.17) is 0 Å². The standard InChI is InChI=1S/C15H12N2S.2C2H6/c1-11-7-9-12(10-8-11)14-16-15(18-17-14)13-5-3-2-4-6-13;2*1-2/h2-10H,1H3;2*1-2H3. The molecule has 0 bridgehead atoms. The van der Waals surface area contributed by atoms with E-state index in [-0.39, 0.29) is 0 Å². The molecule has 0 aliphatic heterocycles. The molecule has 2 aromatic carbocycles. The molecular formula is C19H24N2S. The van der Waals surface area contributed by atoms with Crippen molar-refractivity contribution in [3.8, 4) is 22.0 Å². The van der Waals surface area contributed by atoms with Crippen molar-refractivity contribution >= 4 is 11.5 Å². The zero-order chi connectivity index (χ0) is 16.4. The van der Waals surface area contributed by atoms with Gasteiger partial charge in [0.15, 0.2) is 5.82 Å². The highest BCUT2D eigenvalue weighted by molar-refractivity contribution is 7.09. The minimum atomic E-state index is 0.804. The molecule has 116 valence electrons.